The molecule has 0 rings (SSSR count). The topological polar surface area (TPSA) is 78.9 Å². The summed E-state index contributed by atoms with van der Waals surface area (Å²) in [6, 6.07) is 0. The van der Waals surface area contributed by atoms with Crippen molar-refractivity contribution in [2.75, 3.05) is 33.4 Å². The van der Waals surface area contributed by atoms with Crippen LogP contribution in [0, 0.1) is 0 Å². The lowest BCUT2D eigenvalue weighted by molar-refractivity contribution is -0.121. The third kappa shape index (κ3) is 6.73. The number of carbonyl (C=O) groups is 2. The summed E-state index contributed by atoms with van der Waals surface area (Å²) in [7, 11) is 1.46. The summed E-state index contributed by atoms with van der Waals surface area (Å²) < 4.78 is 4.62. The molecule has 0 aromatic carbocycles. The fraction of sp³-hybridized carbons (Fsp3) is 0.778. The van der Waals surface area contributed by atoms with Gasteiger partial charge in [0, 0.05) is 13.6 Å². The van der Waals surface area contributed by atoms with E-state index in [1.54, 1.807) is 0 Å². The number of aliphatic hydroxyl groups excluding tert-OH is 1. The highest BCUT2D eigenvalue weighted by atomic mass is 16.6. The predicted molar refractivity (Wildman–Crippen MR) is 54.4 cm³/mol. The van der Waals surface area contributed by atoms with Crippen molar-refractivity contribution < 1.29 is 19.4 Å². The molecule has 2 amide bonds. The molecule has 0 aromatic rings. The van der Waals surface area contributed by atoms with Crippen LogP contribution in [-0.4, -0.2) is 55.4 Å². The van der Waals surface area contributed by atoms with Crippen LogP contribution in [-0.2, 0) is 9.53 Å². The van der Waals surface area contributed by atoms with Crippen LogP contribution in [0.25, 0.3) is 0 Å². The number of carbonyl (C=O) groups excluding carboxylic acids is 2. The Morgan fingerprint density at radius 3 is 2.67 bits per heavy atom. The number of hydrogen-bond donors (Lipinski definition) is 2. The molecule has 6 nitrogen and oxygen atoms in total. The number of amides is 2. The van der Waals surface area contributed by atoms with Gasteiger partial charge in [-0.25, -0.2) is 4.79 Å². The van der Waals surface area contributed by atoms with Crippen molar-refractivity contribution in [3.63, 3.8) is 0 Å². The third-order valence-corrected chi connectivity index (χ3v) is 1.58. The van der Waals surface area contributed by atoms with Gasteiger partial charge in [0.15, 0.2) is 0 Å². The molecular weight excluding hydrogens is 200 g/mol. The molecule has 2 N–H and O–H groups in total. The second-order valence-corrected chi connectivity index (χ2v) is 3.04. The summed E-state index contributed by atoms with van der Waals surface area (Å²) in [5.41, 5.74) is 0. The number of nitrogens with one attached hydrogen (secondary N) is 1. The first-order valence-corrected chi connectivity index (χ1v) is 4.87. The number of ether oxygens (including phenoxy) is 1. The summed E-state index contributed by atoms with van der Waals surface area (Å²) in [6.07, 6.45) is 0.237. The maximum atomic E-state index is 11.2. The molecule has 0 atom stereocenters. The molecule has 0 saturated carbocycles. The first-order chi connectivity index (χ1) is 7.11. The lowest BCUT2D eigenvalue weighted by atomic mass is 10.4. The molecule has 0 radical (unpaired) electrons. The van der Waals surface area contributed by atoms with Crippen LogP contribution in [0.2, 0.25) is 0 Å². The van der Waals surface area contributed by atoms with E-state index < -0.39 is 6.09 Å². The molecule has 0 aliphatic heterocycles. The second kappa shape index (κ2) is 8.05. The van der Waals surface area contributed by atoms with Gasteiger partial charge < -0.3 is 20.1 Å². The quantitative estimate of drug-likeness (QED) is 0.634. The van der Waals surface area contributed by atoms with E-state index in [0.29, 0.717) is 6.54 Å². The van der Waals surface area contributed by atoms with Crippen LogP contribution in [0.1, 0.15) is 13.3 Å². The minimum absolute atomic E-state index is 0.0374. The minimum atomic E-state index is -0.615. The van der Waals surface area contributed by atoms with Gasteiger partial charge in [-0.3, -0.25) is 4.79 Å². The Morgan fingerprint density at radius 1 is 1.47 bits per heavy atom. The molecule has 0 saturated heterocycles. The SMILES string of the molecule is CCCNC(=O)CN(C)C(=O)OCCO. The molecule has 0 aromatic heterocycles. The van der Waals surface area contributed by atoms with Gasteiger partial charge in [-0.05, 0) is 6.42 Å². The van der Waals surface area contributed by atoms with Crippen LogP contribution in [0.5, 0.6) is 0 Å². The van der Waals surface area contributed by atoms with Crippen molar-refractivity contribution in [3.8, 4) is 0 Å². The summed E-state index contributed by atoms with van der Waals surface area (Å²) in [5, 5.41) is 11.1. The minimum Gasteiger partial charge on any atom is -0.447 e. The van der Waals surface area contributed by atoms with Crippen LogP contribution in [0.3, 0.4) is 0 Å². The van der Waals surface area contributed by atoms with Gasteiger partial charge in [-0.2, -0.15) is 0 Å². The predicted octanol–water partition coefficient (Wildman–Crippen LogP) is -0.427. The fourth-order valence-corrected chi connectivity index (χ4v) is 0.843. The van der Waals surface area contributed by atoms with E-state index in [9.17, 15) is 9.59 Å². The largest absolute Gasteiger partial charge is 0.447 e. The molecule has 0 heterocycles. The lowest BCUT2D eigenvalue weighted by Crippen LogP contribution is -2.39. The van der Waals surface area contributed by atoms with Crippen LogP contribution in [0.4, 0.5) is 4.79 Å². The molecule has 0 aliphatic rings. The zero-order valence-corrected chi connectivity index (χ0v) is 9.15. The molecule has 15 heavy (non-hydrogen) atoms. The molecule has 88 valence electrons. The van der Waals surface area contributed by atoms with E-state index in [1.165, 1.54) is 7.05 Å². The number of rotatable bonds is 6. The molecule has 0 unspecified atom stereocenters. The number of likely N-dealkylation sites (N-methyl/N-ethyl adjacent to an activating group) is 1. The van der Waals surface area contributed by atoms with Gasteiger partial charge in [0.25, 0.3) is 0 Å². The molecule has 0 bridgehead atoms. The normalized spacial score (nSPS) is 9.53. The zero-order valence-electron chi connectivity index (χ0n) is 9.15. The maximum Gasteiger partial charge on any atom is 0.410 e. The highest BCUT2D eigenvalue weighted by molar-refractivity contribution is 5.81. The maximum absolute atomic E-state index is 11.2. The highest BCUT2D eigenvalue weighted by Gasteiger charge is 2.12. The first kappa shape index (κ1) is 13.7. The number of nitrogens with zero attached hydrogens (tertiary/aromatic N) is 1. The molecule has 0 aliphatic carbocycles. The Morgan fingerprint density at radius 2 is 2.13 bits per heavy atom. The summed E-state index contributed by atoms with van der Waals surface area (Å²) in [5.74, 6) is -0.222. The van der Waals surface area contributed by atoms with E-state index in [1.807, 2.05) is 6.92 Å². The van der Waals surface area contributed by atoms with Crippen LogP contribution in [0.15, 0.2) is 0 Å². The average Bonchev–Trinajstić information content (AvgIpc) is 2.22. The standard InChI is InChI=1S/C9H18N2O4/c1-3-4-10-8(13)7-11(2)9(14)15-6-5-12/h12H,3-7H2,1-2H3,(H,10,13). The van der Waals surface area contributed by atoms with E-state index >= 15 is 0 Å². The van der Waals surface area contributed by atoms with Gasteiger partial charge in [-0.15, -0.1) is 0 Å². The van der Waals surface area contributed by atoms with Crippen molar-refractivity contribution in [1.82, 2.24) is 10.2 Å². The van der Waals surface area contributed by atoms with E-state index in [2.05, 4.69) is 10.1 Å². The Hall–Kier alpha value is -1.30. The summed E-state index contributed by atoms with van der Waals surface area (Å²) in [4.78, 5) is 23.5. The van der Waals surface area contributed by atoms with Crippen molar-refractivity contribution in [2.24, 2.45) is 0 Å². The number of hydrogen-bond acceptors (Lipinski definition) is 4. The van der Waals surface area contributed by atoms with Crippen molar-refractivity contribution in [1.29, 1.82) is 0 Å². The van der Waals surface area contributed by atoms with Crippen LogP contribution < -0.4 is 5.32 Å². The Kier molecular flexibility index (Phi) is 7.35. The van der Waals surface area contributed by atoms with Crippen molar-refractivity contribution in [3.05, 3.63) is 0 Å². The average molecular weight is 218 g/mol. The lowest BCUT2D eigenvalue weighted by Gasteiger charge is -2.15. The summed E-state index contributed by atoms with van der Waals surface area (Å²) >= 11 is 0. The molecule has 0 spiro atoms. The monoisotopic (exact) mass is 218 g/mol. The van der Waals surface area contributed by atoms with Crippen molar-refractivity contribution >= 4 is 12.0 Å². The Balaban J connectivity index is 3.75. The molecular formula is C9H18N2O4. The Bertz CT molecular complexity index is 208. The van der Waals surface area contributed by atoms with Gasteiger partial charge in [-0.1, -0.05) is 6.92 Å². The van der Waals surface area contributed by atoms with Gasteiger partial charge in [0.1, 0.15) is 13.2 Å². The second-order valence-electron chi connectivity index (χ2n) is 3.04. The van der Waals surface area contributed by atoms with Crippen molar-refractivity contribution in [2.45, 2.75) is 13.3 Å². The van der Waals surface area contributed by atoms with E-state index in [0.717, 1.165) is 11.3 Å². The van der Waals surface area contributed by atoms with Gasteiger partial charge >= 0.3 is 6.09 Å². The van der Waals surface area contributed by atoms with Gasteiger partial charge in [0.2, 0.25) is 5.91 Å². The molecule has 6 heteroatoms. The van der Waals surface area contributed by atoms with E-state index in [-0.39, 0.29) is 25.7 Å². The fourth-order valence-electron chi connectivity index (χ4n) is 0.843. The Labute approximate surface area is 89.2 Å². The number of aliphatic hydroxyl groups is 1. The first-order valence-electron chi connectivity index (χ1n) is 4.87. The summed E-state index contributed by atoms with van der Waals surface area (Å²) in [6.45, 7) is 2.23. The van der Waals surface area contributed by atoms with Crippen LogP contribution >= 0.6 is 0 Å². The van der Waals surface area contributed by atoms with Gasteiger partial charge in [0.05, 0.1) is 6.61 Å². The molecule has 0 fully saturated rings. The smallest absolute Gasteiger partial charge is 0.410 e. The zero-order chi connectivity index (χ0) is 11.7. The highest BCUT2D eigenvalue weighted by Crippen LogP contribution is 1.89. The van der Waals surface area contributed by atoms with E-state index in [4.69, 9.17) is 5.11 Å². The third-order valence-electron chi connectivity index (χ3n) is 1.58.